The van der Waals surface area contributed by atoms with Crippen molar-refractivity contribution in [3.8, 4) is 0 Å². The number of carboxylic acids is 1. The summed E-state index contributed by atoms with van der Waals surface area (Å²) < 4.78 is 33.9. The van der Waals surface area contributed by atoms with E-state index >= 15 is 0 Å². The van der Waals surface area contributed by atoms with Gasteiger partial charge in [0.05, 0.1) is 30.8 Å². The standard InChI is InChI=1S/C19H28N4O2.C2HF3O2/c24-18-7-3-8-21(18)12-16-17-13-22(9-4-10-23(17)14-20-16)19(25)11-15-5-1-2-6-15;3-2(4,5)1(6)7/h14-15H,1-13H2;(H,6,7). The Balaban J connectivity index is 0.000000360. The minimum atomic E-state index is -5.08. The molecule has 0 bridgehead atoms. The van der Waals surface area contributed by atoms with Crippen LogP contribution in [0.2, 0.25) is 0 Å². The second-order valence-corrected chi connectivity index (χ2v) is 8.58. The number of amides is 2. The lowest BCUT2D eigenvalue weighted by Gasteiger charge is -2.23. The summed E-state index contributed by atoms with van der Waals surface area (Å²) >= 11 is 0. The highest BCUT2D eigenvalue weighted by molar-refractivity contribution is 5.78. The van der Waals surface area contributed by atoms with E-state index in [1.807, 2.05) is 16.1 Å². The zero-order chi connectivity index (χ0) is 23.3. The summed E-state index contributed by atoms with van der Waals surface area (Å²) in [5.41, 5.74) is 2.09. The van der Waals surface area contributed by atoms with Gasteiger partial charge in [0, 0.05) is 32.5 Å². The summed E-state index contributed by atoms with van der Waals surface area (Å²) in [5, 5.41) is 7.12. The third-order valence-corrected chi connectivity index (χ3v) is 6.25. The van der Waals surface area contributed by atoms with Crippen molar-refractivity contribution >= 4 is 17.8 Å². The van der Waals surface area contributed by atoms with Crippen LogP contribution in [0, 0.1) is 5.92 Å². The van der Waals surface area contributed by atoms with Crippen molar-refractivity contribution in [1.82, 2.24) is 19.4 Å². The third-order valence-electron chi connectivity index (χ3n) is 6.25. The van der Waals surface area contributed by atoms with Crippen molar-refractivity contribution < 1.29 is 32.7 Å². The Morgan fingerprint density at radius 3 is 2.38 bits per heavy atom. The first-order chi connectivity index (χ1) is 15.1. The van der Waals surface area contributed by atoms with Gasteiger partial charge in [-0.2, -0.15) is 13.2 Å². The highest BCUT2D eigenvalue weighted by Gasteiger charge is 2.38. The van der Waals surface area contributed by atoms with E-state index in [4.69, 9.17) is 9.90 Å². The molecule has 0 unspecified atom stereocenters. The zero-order valence-electron chi connectivity index (χ0n) is 17.9. The summed E-state index contributed by atoms with van der Waals surface area (Å²) in [6.45, 7) is 3.79. The summed E-state index contributed by atoms with van der Waals surface area (Å²) in [5.74, 6) is -1.65. The monoisotopic (exact) mass is 458 g/mol. The number of imidazole rings is 1. The maximum atomic E-state index is 12.8. The molecule has 1 saturated carbocycles. The van der Waals surface area contributed by atoms with Crippen LogP contribution in [0.3, 0.4) is 0 Å². The number of carboxylic acid groups (broad SMARTS) is 1. The maximum Gasteiger partial charge on any atom is 0.490 e. The van der Waals surface area contributed by atoms with E-state index in [1.54, 1.807) is 0 Å². The summed E-state index contributed by atoms with van der Waals surface area (Å²) in [4.78, 5) is 42.1. The number of carbonyl (C=O) groups is 3. The Hall–Kier alpha value is -2.59. The molecule has 1 aliphatic carbocycles. The Bertz CT molecular complexity index is 834. The van der Waals surface area contributed by atoms with Gasteiger partial charge in [-0.15, -0.1) is 0 Å². The van der Waals surface area contributed by atoms with Crippen molar-refractivity contribution in [3.05, 3.63) is 17.7 Å². The van der Waals surface area contributed by atoms with Gasteiger partial charge in [-0.1, -0.05) is 12.8 Å². The first-order valence-corrected chi connectivity index (χ1v) is 11.0. The van der Waals surface area contributed by atoms with Crippen molar-refractivity contribution in [1.29, 1.82) is 0 Å². The maximum absolute atomic E-state index is 12.8. The summed E-state index contributed by atoms with van der Waals surface area (Å²) in [6.07, 6.45) is 5.05. The lowest BCUT2D eigenvalue weighted by Crippen LogP contribution is -2.32. The van der Waals surface area contributed by atoms with Crippen molar-refractivity contribution in [2.75, 3.05) is 13.1 Å². The molecule has 0 spiro atoms. The van der Waals surface area contributed by atoms with Crippen molar-refractivity contribution in [3.63, 3.8) is 0 Å². The molecule has 1 aromatic rings. The molecule has 2 fully saturated rings. The number of hydrogen-bond donors (Lipinski definition) is 1. The van der Waals surface area contributed by atoms with Gasteiger partial charge >= 0.3 is 12.1 Å². The second kappa shape index (κ2) is 10.4. The smallest absolute Gasteiger partial charge is 0.475 e. The number of fused-ring (bicyclic) bond motifs is 1. The number of carbonyl (C=O) groups excluding carboxylic acids is 2. The molecule has 3 aliphatic rings. The van der Waals surface area contributed by atoms with Crippen LogP contribution >= 0.6 is 0 Å². The van der Waals surface area contributed by atoms with Gasteiger partial charge in [0.1, 0.15) is 0 Å². The molecule has 1 saturated heterocycles. The zero-order valence-corrected chi connectivity index (χ0v) is 17.9. The van der Waals surface area contributed by atoms with E-state index in [1.165, 1.54) is 25.7 Å². The van der Waals surface area contributed by atoms with Crippen LogP contribution in [0.25, 0.3) is 0 Å². The average Bonchev–Trinajstić information content (AvgIpc) is 3.42. The quantitative estimate of drug-likeness (QED) is 0.749. The molecule has 1 N–H and O–H groups in total. The molecule has 1 aromatic heterocycles. The van der Waals surface area contributed by atoms with Gasteiger partial charge in [-0.3, -0.25) is 9.59 Å². The lowest BCUT2D eigenvalue weighted by molar-refractivity contribution is -0.192. The molecule has 11 heteroatoms. The highest BCUT2D eigenvalue weighted by atomic mass is 19.4. The number of rotatable bonds is 4. The first kappa shape index (κ1) is 24.1. The van der Waals surface area contributed by atoms with Crippen LogP contribution < -0.4 is 0 Å². The van der Waals surface area contributed by atoms with E-state index in [9.17, 15) is 22.8 Å². The average molecular weight is 458 g/mol. The molecule has 0 radical (unpaired) electrons. The summed E-state index contributed by atoms with van der Waals surface area (Å²) in [7, 11) is 0. The van der Waals surface area contributed by atoms with Crippen LogP contribution in [-0.4, -0.2) is 61.5 Å². The molecule has 8 nitrogen and oxygen atoms in total. The molecule has 178 valence electrons. The number of alkyl halides is 3. The number of aliphatic carboxylic acids is 1. The molecule has 4 rings (SSSR count). The predicted molar refractivity (Wildman–Crippen MR) is 107 cm³/mol. The predicted octanol–water partition coefficient (Wildman–Crippen LogP) is 2.95. The van der Waals surface area contributed by atoms with E-state index in [-0.39, 0.29) is 5.91 Å². The molecule has 3 heterocycles. The van der Waals surface area contributed by atoms with Gasteiger partial charge in [-0.05, 0) is 31.6 Å². The number of nitrogens with zero attached hydrogens (tertiary/aromatic N) is 4. The van der Waals surface area contributed by atoms with E-state index < -0.39 is 12.1 Å². The molecule has 0 atom stereocenters. The topological polar surface area (TPSA) is 95.7 Å². The number of hydrogen-bond acceptors (Lipinski definition) is 4. The Labute approximate surface area is 184 Å². The van der Waals surface area contributed by atoms with E-state index in [0.717, 1.165) is 43.9 Å². The molecule has 32 heavy (non-hydrogen) atoms. The fourth-order valence-electron chi connectivity index (χ4n) is 4.50. The minimum Gasteiger partial charge on any atom is -0.475 e. The van der Waals surface area contributed by atoms with E-state index in [2.05, 4.69) is 9.55 Å². The van der Waals surface area contributed by atoms with Gasteiger partial charge in [-0.25, -0.2) is 9.78 Å². The number of aromatic nitrogens is 2. The van der Waals surface area contributed by atoms with Crippen LogP contribution in [0.15, 0.2) is 6.33 Å². The Kier molecular flexibility index (Phi) is 7.78. The van der Waals surface area contributed by atoms with Crippen molar-refractivity contribution in [2.45, 2.75) is 77.2 Å². The number of aryl methyl sites for hydroxylation is 1. The van der Waals surface area contributed by atoms with Crippen LogP contribution in [0.4, 0.5) is 13.2 Å². The Morgan fingerprint density at radius 1 is 1.09 bits per heavy atom. The van der Waals surface area contributed by atoms with Gasteiger partial charge in [0.15, 0.2) is 0 Å². The number of likely N-dealkylation sites (tertiary alicyclic amines) is 1. The van der Waals surface area contributed by atoms with Crippen LogP contribution in [-0.2, 0) is 34.0 Å². The normalized spacial score (nSPS) is 19.4. The largest absolute Gasteiger partial charge is 0.490 e. The fourth-order valence-corrected chi connectivity index (χ4v) is 4.50. The molecular formula is C21H29F3N4O4. The van der Waals surface area contributed by atoms with Crippen LogP contribution in [0.5, 0.6) is 0 Å². The van der Waals surface area contributed by atoms with E-state index in [0.29, 0.717) is 37.8 Å². The summed E-state index contributed by atoms with van der Waals surface area (Å²) in [6, 6.07) is 0. The van der Waals surface area contributed by atoms with Gasteiger partial charge in [0.2, 0.25) is 11.8 Å². The second-order valence-electron chi connectivity index (χ2n) is 8.58. The number of halogens is 3. The molecule has 2 amide bonds. The van der Waals surface area contributed by atoms with Gasteiger partial charge < -0.3 is 19.5 Å². The highest BCUT2D eigenvalue weighted by Crippen LogP contribution is 2.29. The fraction of sp³-hybridized carbons (Fsp3) is 0.714. The lowest BCUT2D eigenvalue weighted by atomic mass is 10.0. The minimum absolute atomic E-state index is 0.226. The van der Waals surface area contributed by atoms with Gasteiger partial charge in [0.25, 0.3) is 0 Å². The third kappa shape index (κ3) is 6.23. The van der Waals surface area contributed by atoms with Crippen LogP contribution in [0.1, 0.15) is 62.8 Å². The molecule has 2 aliphatic heterocycles. The first-order valence-electron chi connectivity index (χ1n) is 11.0. The Morgan fingerprint density at radius 2 is 1.78 bits per heavy atom. The molecular weight excluding hydrogens is 429 g/mol. The molecule has 0 aromatic carbocycles. The van der Waals surface area contributed by atoms with Crippen molar-refractivity contribution in [2.24, 2.45) is 5.92 Å². The SMILES string of the molecule is O=C(O)C(F)(F)F.O=C1CCCN1Cc1ncn2c1CN(C(=O)CC1CCCC1)CCC2.